The van der Waals surface area contributed by atoms with Crippen LogP contribution in [0.1, 0.15) is 43.1 Å². The van der Waals surface area contributed by atoms with E-state index in [4.69, 9.17) is 10.5 Å². The third kappa shape index (κ3) is 3.60. The highest BCUT2D eigenvalue weighted by Gasteiger charge is 2.34. The standard InChI is InChI=1S/C18H23N3O2S/c1-2-23-14-7-5-13(6-8-14)17-20-15(11-24-17)16(22)21-18(12-19)9-3-4-10-18/h5-8,11H,2-4,9-10,12,19H2,1H3,(H,21,22). The van der Waals surface area contributed by atoms with E-state index < -0.39 is 0 Å². The molecule has 0 saturated heterocycles. The zero-order valence-electron chi connectivity index (χ0n) is 13.9. The fourth-order valence-electron chi connectivity index (χ4n) is 3.11. The van der Waals surface area contributed by atoms with E-state index in [0.717, 1.165) is 42.0 Å². The summed E-state index contributed by atoms with van der Waals surface area (Å²) in [6.45, 7) is 3.08. The predicted molar refractivity (Wildman–Crippen MR) is 96.4 cm³/mol. The molecule has 1 aromatic heterocycles. The summed E-state index contributed by atoms with van der Waals surface area (Å²) < 4.78 is 5.44. The molecule has 3 N–H and O–H groups in total. The molecule has 0 radical (unpaired) electrons. The van der Waals surface area contributed by atoms with Crippen molar-refractivity contribution in [3.8, 4) is 16.3 Å². The molecule has 0 atom stereocenters. The van der Waals surface area contributed by atoms with Gasteiger partial charge in [-0.05, 0) is 44.0 Å². The van der Waals surface area contributed by atoms with Crippen LogP contribution in [0.25, 0.3) is 10.6 Å². The van der Waals surface area contributed by atoms with Crippen LogP contribution in [-0.2, 0) is 0 Å². The van der Waals surface area contributed by atoms with Gasteiger partial charge in [0.1, 0.15) is 16.5 Å². The summed E-state index contributed by atoms with van der Waals surface area (Å²) in [6.07, 6.45) is 4.13. The van der Waals surface area contributed by atoms with Crippen molar-refractivity contribution in [3.63, 3.8) is 0 Å². The minimum atomic E-state index is -0.250. The zero-order chi connectivity index (χ0) is 17.0. The Hall–Kier alpha value is -1.92. The maximum atomic E-state index is 12.5. The first-order chi connectivity index (χ1) is 11.7. The lowest BCUT2D eigenvalue weighted by atomic mass is 9.98. The van der Waals surface area contributed by atoms with Crippen LogP contribution in [0, 0.1) is 0 Å². The first kappa shape index (κ1) is 16.9. The highest BCUT2D eigenvalue weighted by Crippen LogP contribution is 2.30. The maximum Gasteiger partial charge on any atom is 0.271 e. The van der Waals surface area contributed by atoms with Gasteiger partial charge in [0.15, 0.2) is 0 Å². The van der Waals surface area contributed by atoms with Gasteiger partial charge in [0.25, 0.3) is 5.91 Å². The summed E-state index contributed by atoms with van der Waals surface area (Å²) in [4.78, 5) is 17.0. The van der Waals surface area contributed by atoms with E-state index in [0.29, 0.717) is 18.8 Å². The van der Waals surface area contributed by atoms with Crippen molar-refractivity contribution in [2.75, 3.05) is 13.2 Å². The van der Waals surface area contributed by atoms with Crippen LogP contribution in [0.4, 0.5) is 0 Å². The Bertz CT molecular complexity index is 691. The van der Waals surface area contributed by atoms with Crippen LogP contribution >= 0.6 is 11.3 Å². The van der Waals surface area contributed by atoms with Crippen molar-refractivity contribution >= 4 is 17.2 Å². The molecule has 24 heavy (non-hydrogen) atoms. The van der Waals surface area contributed by atoms with Gasteiger partial charge in [-0.25, -0.2) is 4.98 Å². The van der Waals surface area contributed by atoms with Gasteiger partial charge in [-0.1, -0.05) is 12.8 Å². The molecule has 3 rings (SSSR count). The molecule has 6 heteroatoms. The second-order valence-electron chi connectivity index (χ2n) is 6.14. The molecule has 1 aliphatic carbocycles. The van der Waals surface area contributed by atoms with Crippen molar-refractivity contribution < 1.29 is 9.53 Å². The van der Waals surface area contributed by atoms with Crippen LogP contribution in [0.15, 0.2) is 29.6 Å². The molecule has 1 heterocycles. The molecule has 0 bridgehead atoms. The molecule has 128 valence electrons. The minimum Gasteiger partial charge on any atom is -0.494 e. The minimum absolute atomic E-state index is 0.129. The van der Waals surface area contributed by atoms with E-state index in [-0.39, 0.29) is 11.4 Å². The van der Waals surface area contributed by atoms with Crippen molar-refractivity contribution in [2.45, 2.75) is 38.1 Å². The number of carbonyl (C=O) groups excluding carboxylic acids is 1. The second kappa shape index (κ2) is 7.32. The monoisotopic (exact) mass is 345 g/mol. The first-order valence-electron chi connectivity index (χ1n) is 8.37. The van der Waals surface area contributed by atoms with Gasteiger partial charge in [-0.2, -0.15) is 0 Å². The van der Waals surface area contributed by atoms with Crippen LogP contribution in [0.2, 0.25) is 0 Å². The van der Waals surface area contributed by atoms with E-state index in [1.165, 1.54) is 11.3 Å². The third-order valence-electron chi connectivity index (χ3n) is 4.48. The molecular formula is C18H23N3O2S. The first-order valence-corrected chi connectivity index (χ1v) is 9.25. The summed E-state index contributed by atoms with van der Waals surface area (Å²) in [5, 5.41) is 5.75. The number of hydrogen-bond donors (Lipinski definition) is 2. The molecule has 0 spiro atoms. The van der Waals surface area contributed by atoms with Crippen LogP contribution in [0.3, 0.4) is 0 Å². The molecule has 1 aliphatic rings. The molecule has 2 aromatic rings. The number of nitrogens with two attached hydrogens (primary N) is 1. The molecule has 0 aliphatic heterocycles. The molecule has 1 saturated carbocycles. The van der Waals surface area contributed by atoms with Crippen LogP contribution in [0.5, 0.6) is 5.75 Å². The number of ether oxygens (including phenoxy) is 1. The fraction of sp³-hybridized carbons (Fsp3) is 0.444. The average Bonchev–Trinajstić information content (AvgIpc) is 3.26. The van der Waals surface area contributed by atoms with E-state index in [2.05, 4.69) is 10.3 Å². The number of nitrogens with one attached hydrogen (secondary N) is 1. The number of nitrogens with zero attached hydrogens (tertiary/aromatic N) is 1. The Morgan fingerprint density at radius 1 is 1.33 bits per heavy atom. The largest absolute Gasteiger partial charge is 0.494 e. The lowest BCUT2D eigenvalue weighted by Gasteiger charge is -2.28. The quantitative estimate of drug-likeness (QED) is 0.843. The van der Waals surface area contributed by atoms with Crippen LogP contribution in [-0.4, -0.2) is 29.6 Å². The van der Waals surface area contributed by atoms with Crippen LogP contribution < -0.4 is 15.8 Å². The summed E-state index contributed by atoms with van der Waals surface area (Å²) >= 11 is 1.47. The summed E-state index contributed by atoms with van der Waals surface area (Å²) in [5.41, 5.74) is 7.08. The number of benzene rings is 1. The van der Waals surface area contributed by atoms with Gasteiger partial charge in [0.05, 0.1) is 12.1 Å². The highest BCUT2D eigenvalue weighted by molar-refractivity contribution is 7.13. The van der Waals surface area contributed by atoms with Crippen molar-refractivity contribution in [1.29, 1.82) is 0 Å². The SMILES string of the molecule is CCOc1ccc(-c2nc(C(=O)NC3(CN)CCCC3)cs2)cc1. The summed E-state index contributed by atoms with van der Waals surface area (Å²) in [7, 11) is 0. The third-order valence-corrected chi connectivity index (χ3v) is 5.37. The number of hydrogen-bond acceptors (Lipinski definition) is 5. The molecule has 1 aromatic carbocycles. The predicted octanol–water partition coefficient (Wildman–Crippen LogP) is 3.21. The Morgan fingerprint density at radius 2 is 2.04 bits per heavy atom. The van der Waals surface area contributed by atoms with Gasteiger partial charge >= 0.3 is 0 Å². The van der Waals surface area contributed by atoms with Crippen molar-refractivity contribution in [2.24, 2.45) is 5.73 Å². The Balaban J connectivity index is 1.71. The molecule has 1 fully saturated rings. The molecule has 1 amide bonds. The van der Waals surface area contributed by atoms with E-state index >= 15 is 0 Å². The van der Waals surface area contributed by atoms with Gasteiger partial charge in [-0.3, -0.25) is 4.79 Å². The zero-order valence-corrected chi connectivity index (χ0v) is 14.7. The summed E-state index contributed by atoms with van der Waals surface area (Å²) in [5.74, 6) is 0.706. The number of amides is 1. The Labute approximate surface area is 146 Å². The Kier molecular flexibility index (Phi) is 5.16. The number of thiazole rings is 1. The normalized spacial score (nSPS) is 16.1. The number of carbonyl (C=O) groups is 1. The van der Waals surface area contributed by atoms with Gasteiger partial charge in [-0.15, -0.1) is 11.3 Å². The second-order valence-corrected chi connectivity index (χ2v) is 7.00. The molecule has 5 nitrogen and oxygen atoms in total. The fourth-order valence-corrected chi connectivity index (χ4v) is 3.91. The average molecular weight is 345 g/mol. The smallest absolute Gasteiger partial charge is 0.271 e. The number of rotatable bonds is 6. The maximum absolute atomic E-state index is 12.5. The number of aromatic nitrogens is 1. The highest BCUT2D eigenvalue weighted by atomic mass is 32.1. The van der Waals surface area contributed by atoms with Gasteiger partial charge in [0.2, 0.25) is 0 Å². The molecule has 0 unspecified atom stereocenters. The Morgan fingerprint density at radius 3 is 2.67 bits per heavy atom. The molecular weight excluding hydrogens is 322 g/mol. The lowest BCUT2D eigenvalue weighted by molar-refractivity contribution is 0.0898. The summed E-state index contributed by atoms with van der Waals surface area (Å²) in [6, 6.07) is 7.76. The van der Waals surface area contributed by atoms with E-state index in [1.54, 1.807) is 5.38 Å². The van der Waals surface area contributed by atoms with E-state index in [9.17, 15) is 4.79 Å². The van der Waals surface area contributed by atoms with Crippen molar-refractivity contribution in [1.82, 2.24) is 10.3 Å². The van der Waals surface area contributed by atoms with Gasteiger partial charge < -0.3 is 15.8 Å². The topological polar surface area (TPSA) is 77.2 Å². The van der Waals surface area contributed by atoms with E-state index in [1.807, 2.05) is 31.2 Å². The lowest BCUT2D eigenvalue weighted by Crippen LogP contribution is -2.51. The van der Waals surface area contributed by atoms with Crippen molar-refractivity contribution in [3.05, 3.63) is 35.3 Å². The van der Waals surface area contributed by atoms with Gasteiger partial charge in [0, 0.05) is 17.5 Å².